The van der Waals surface area contributed by atoms with Gasteiger partial charge in [-0.3, -0.25) is 10.0 Å². The van der Waals surface area contributed by atoms with Gasteiger partial charge in [-0.25, -0.2) is 0 Å². The second-order valence-corrected chi connectivity index (χ2v) is 4.21. The molecule has 14 heavy (non-hydrogen) atoms. The molecule has 0 bridgehead atoms. The predicted octanol–water partition coefficient (Wildman–Crippen LogP) is 2.24. The van der Waals surface area contributed by atoms with Crippen LogP contribution in [-0.4, -0.2) is 36.2 Å². The number of nitrogens with zero attached hydrogens (tertiary/aromatic N) is 4. The van der Waals surface area contributed by atoms with Crippen LogP contribution in [-0.2, 0) is 0 Å². The minimum absolute atomic E-state index is 1.09. The monoisotopic (exact) mass is 196 g/mol. The van der Waals surface area contributed by atoms with Gasteiger partial charge in [-0.15, -0.1) is 0 Å². The van der Waals surface area contributed by atoms with Crippen molar-refractivity contribution in [2.75, 3.05) is 26.2 Å². The molecule has 2 heterocycles. The van der Waals surface area contributed by atoms with Crippen LogP contribution in [0.2, 0.25) is 0 Å². The van der Waals surface area contributed by atoms with Crippen molar-refractivity contribution in [3.05, 3.63) is 0 Å². The zero-order valence-electron chi connectivity index (χ0n) is 8.86. The third-order valence-corrected chi connectivity index (χ3v) is 2.96. The van der Waals surface area contributed by atoms with Crippen LogP contribution in [0.5, 0.6) is 0 Å². The summed E-state index contributed by atoms with van der Waals surface area (Å²) in [6, 6.07) is 0. The third kappa shape index (κ3) is 2.86. The van der Waals surface area contributed by atoms with Gasteiger partial charge >= 0.3 is 0 Å². The van der Waals surface area contributed by atoms with E-state index in [2.05, 4.69) is 20.5 Å². The highest BCUT2D eigenvalue weighted by molar-refractivity contribution is 4.61. The molecule has 0 atom stereocenters. The summed E-state index contributed by atoms with van der Waals surface area (Å²) in [5, 5.41) is 12.8. The topological polar surface area (TPSA) is 31.2 Å². The Morgan fingerprint density at radius 1 is 0.500 bits per heavy atom. The zero-order valence-corrected chi connectivity index (χ0v) is 8.86. The van der Waals surface area contributed by atoms with Gasteiger partial charge in [0.1, 0.15) is 0 Å². The minimum Gasteiger partial charge on any atom is -0.277 e. The van der Waals surface area contributed by atoms with Crippen LogP contribution in [0, 0.1) is 0 Å². The Labute approximate surface area is 85.9 Å². The molecule has 0 aromatic rings. The molecule has 0 aromatic heterocycles. The molecule has 2 aliphatic heterocycles. The molecule has 0 amide bonds. The Kier molecular flexibility index (Phi) is 3.60. The Morgan fingerprint density at radius 3 is 1.21 bits per heavy atom. The quantitative estimate of drug-likeness (QED) is 0.634. The van der Waals surface area contributed by atoms with Crippen molar-refractivity contribution >= 4 is 0 Å². The molecule has 0 radical (unpaired) electrons. The van der Waals surface area contributed by atoms with E-state index in [1.165, 1.54) is 38.5 Å². The van der Waals surface area contributed by atoms with E-state index in [1.807, 2.05) is 0 Å². The summed E-state index contributed by atoms with van der Waals surface area (Å²) in [4.78, 5) is 0. The van der Waals surface area contributed by atoms with Gasteiger partial charge in [-0.2, -0.15) is 0 Å². The van der Waals surface area contributed by atoms with Crippen LogP contribution in [0.4, 0.5) is 0 Å². The predicted molar refractivity (Wildman–Crippen MR) is 55.7 cm³/mol. The molecular formula is C10H20N4. The van der Waals surface area contributed by atoms with Crippen LogP contribution in [0.3, 0.4) is 0 Å². The van der Waals surface area contributed by atoms with Crippen LogP contribution < -0.4 is 0 Å². The molecule has 4 heteroatoms. The lowest BCUT2D eigenvalue weighted by Gasteiger charge is -2.25. The largest absolute Gasteiger partial charge is 0.277 e. The Morgan fingerprint density at radius 2 is 0.857 bits per heavy atom. The molecular weight excluding hydrogens is 176 g/mol. The summed E-state index contributed by atoms with van der Waals surface area (Å²) in [6.45, 7) is 4.38. The van der Waals surface area contributed by atoms with Gasteiger partial charge in [0, 0.05) is 26.2 Å². The normalized spacial score (nSPS) is 24.6. The SMILES string of the molecule is C1CCN(/N=N/N2CCCCC2)CC1. The highest BCUT2D eigenvalue weighted by Gasteiger charge is 2.10. The molecule has 0 unspecified atom stereocenters. The van der Waals surface area contributed by atoms with Crippen LogP contribution in [0.25, 0.3) is 0 Å². The average Bonchev–Trinajstić information content (AvgIpc) is 2.29. The van der Waals surface area contributed by atoms with Crippen LogP contribution in [0.15, 0.2) is 10.4 Å². The molecule has 2 saturated heterocycles. The van der Waals surface area contributed by atoms with Gasteiger partial charge in [-0.05, 0) is 38.5 Å². The fourth-order valence-electron chi connectivity index (χ4n) is 2.05. The average molecular weight is 196 g/mol. The summed E-state index contributed by atoms with van der Waals surface area (Å²) < 4.78 is 0. The Bertz CT molecular complexity index is 161. The lowest BCUT2D eigenvalue weighted by Crippen LogP contribution is -2.27. The first-order valence-electron chi connectivity index (χ1n) is 5.86. The lowest BCUT2D eigenvalue weighted by atomic mass is 10.2. The van der Waals surface area contributed by atoms with Gasteiger partial charge in [0.2, 0.25) is 0 Å². The van der Waals surface area contributed by atoms with E-state index in [0.717, 1.165) is 26.2 Å². The minimum atomic E-state index is 1.09. The third-order valence-electron chi connectivity index (χ3n) is 2.96. The van der Waals surface area contributed by atoms with Crippen LogP contribution in [0.1, 0.15) is 38.5 Å². The molecule has 0 saturated carbocycles. The Balaban J connectivity index is 1.73. The fraction of sp³-hybridized carbons (Fsp3) is 1.00. The summed E-state index contributed by atoms with van der Waals surface area (Å²) in [6.07, 6.45) is 7.82. The zero-order chi connectivity index (χ0) is 9.64. The second-order valence-electron chi connectivity index (χ2n) is 4.21. The molecule has 0 spiro atoms. The molecule has 0 aliphatic carbocycles. The standard InChI is InChI=1S/C10H20N4/c1-3-7-13(8-4-1)11-12-14-9-5-2-6-10-14/h1-10H2/b12-11+. The van der Waals surface area contributed by atoms with Gasteiger partial charge in [0.25, 0.3) is 0 Å². The molecule has 0 N–H and O–H groups in total. The molecule has 4 nitrogen and oxygen atoms in total. The maximum Gasteiger partial charge on any atom is 0.0377 e. The van der Waals surface area contributed by atoms with Crippen molar-refractivity contribution < 1.29 is 0 Å². The highest BCUT2D eigenvalue weighted by Crippen LogP contribution is 2.12. The molecule has 2 rings (SSSR count). The van der Waals surface area contributed by atoms with Crippen molar-refractivity contribution in [3.8, 4) is 0 Å². The van der Waals surface area contributed by atoms with Crippen molar-refractivity contribution in [2.45, 2.75) is 38.5 Å². The van der Waals surface area contributed by atoms with Crippen molar-refractivity contribution in [1.29, 1.82) is 0 Å². The Hall–Kier alpha value is -0.800. The van der Waals surface area contributed by atoms with Crippen molar-refractivity contribution in [3.63, 3.8) is 0 Å². The van der Waals surface area contributed by atoms with Gasteiger partial charge in [0.05, 0.1) is 0 Å². The van der Waals surface area contributed by atoms with E-state index >= 15 is 0 Å². The smallest absolute Gasteiger partial charge is 0.0377 e. The summed E-state index contributed by atoms with van der Waals surface area (Å²) in [5.41, 5.74) is 0. The van der Waals surface area contributed by atoms with Crippen molar-refractivity contribution in [2.24, 2.45) is 10.4 Å². The van der Waals surface area contributed by atoms with E-state index in [1.54, 1.807) is 0 Å². The number of piperidine rings is 2. The maximum absolute atomic E-state index is 4.29. The van der Waals surface area contributed by atoms with E-state index in [4.69, 9.17) is 0 Å². The first-order valence-corrected chi connectivity index (χ1v) is 5.86. The second kappa shape index (κ2) is 5.17. The van der Waals surface area contributed by atoms with E-state index in [-0.39, 0.29) is 0 Å². The summed E-state index contributed by atoms with van der Waals surface area (Å²) in [5.74, 6) is 0. The number of rotatable bonds is 2. The van der Waals surface area contributed by atoms with E-state index in [9.17, 15) is 0 Å². The first-order chi connectivity index (χ1) is 6.95. The molecule has 0 aromatic carbocycles. The lowest BCUT2D eigenvalue weighted by molar-refractivity contribution is 0.160. The van der Waals surface area contributed by atoms with Gasteiger partial charge in [0.15, 0.2) is 0 Å². The highest BCUT2D eigenvalue weighted by atomic mass is 15.7. The summed E-state index contributed by atoms with van der Waals surface area (Å²) >= 11 is 0. The van der Waals surface area contributed by atoms with Gasteiger partial charge in [-0.1, -0.05) is 10.4 Å². The molecule has 2 fully saturated rings. The van der Waals surface area contributed by atoms with Gasteiger partial charge < -0.3 is 0 Å². The van der Waals surface area contributed by atoms with E-state index < -0.39 is 0 Å². The number of hydrogen-bond acceptors (Lipinski definition) is 2. The van der Waals surface area contributed by atoms with Crippen molar-refractivity contribution in [1.82, 2.24) is 10.0 Å². The number of hydrogen-bond donors (Lipinski definition) is 0. The molecule has 80 valence electrons. The van der Waals surface area contributed by atoms with Crippen LogP contribution >= 0.6 is 0 Å². The van der Waals surface area contributed by atoms with E-state index in [0.29, 0.717) is 0 Å². The maximum atomic E-state index is 4.29. The molecule has 2 aliphatic rings. The summed E-state index contributed by atoms with van der Waals surface area (Å²) in [7, 11) is 0. The fourth-order valence-corrected chi connectivity index (χ4v) is 2.05. The first kappa shape index (κ1) is 9.74.